The van der Waals surface area contributed by atoms with E-state index in [1.165, 1.54) is 5.57 Å². The molecule has 0 radical (unpaired) electrons. The van der Waals surface area contributed by atoms with E-state index in [0.29, 0.717) is 0 Å². The average Bonchev–Trinajstić information content (AvgIpc) is 2.70. The number of hydrogen-bond donors (Lipinski definition) is 0. The van der Waals surface area contributed by atoms with E-state index in [2.05, 4.69) is 34.6 Å². The molecule has 1 unspecified atom stereocenters. The Hall–Kier alpha value is -2.91. The van der Waals surface area contributed by atoms with E-state index in [-0.39, 0.29) is 5.92 Å². The number of allylic oxidation sites excluding steroid dienone is 2. The van der Waals surface area contributed by atoms with Gasteiger partial charge in [0.25, 0.3) is 0 Å². The van der Waals surface area contributed by atoms with Crippen LogP contribution in [0.5, 0.6) is 0 Å². The van der Waals surface area contributed by atoms with Crippen LogP contribution in [-0.2, 0) is 0 Å². The predicted molar refractivity (Wildman–Crippen MR) is 112 cm³/mol. The van der Waals surface area contributed by atoms with Crippen LogP contribution >= 0.6 is 11.6 Å². The largest absolute Gasteiger partial charge is 0.371 e. The zero-order valence-corrected chi connectivity index (χ0v) is 15.9. The highest BCUT2D eigenvalue weighted by Crippen LogP contribution is 2.50. The van der Waals surface area contributed by atoms with Gasteiger partial charge in [0, 0.05) is 48.2 Å². The third kappa shape index (κ3) is 3.38. The topological polar surface area (TPSA) is 29.0 Å². The highest BCUT2D eigenvalue weighted by Gasteiger charge is 2.37. The highest BCUT2D eigenvalue weighted by molar-refractivity contribution is 6.30. The fraction of sp³-hybridized carbons (Fsp3) is 0.130. The SMILES string of the molecule is C=C1C(c2ccccn2)=C(CN(C)c2ccc(Cl)cc2)C1c1ccccn1. The summed E-state index contributed by atoms with van der Waals surface area (Å²) in [6.45, 7) is 5.12. The molecule has 0 bridgehead atoms. The molecule has 0 aliphatic heterocycles. The summed E-state index contributed by atoms with van der Waals surface area (Å²) >= 11 is 6.03. The molecule has 134 valence electrons. The zero-order chi connectivity index (χ0) is 18.8. The molecule has 1 aliphatic carbocycles. The molecule has 0 saturated heterocycles. The normalized spacial score (nSPS) is 16.2. The molecule has 0 N–H and O–H groups in total. The number of likely N-dealkylation sites (N-methyl/N-ethyl adjacent to an activating group) is 1. The lowest BCUT2D eigenvalue weighted by atomic mass is 9.70. The van der Waals surface area contributed by atoms with Gasteiger partial charge in [-0.15, -0.1) is 0 Å². The van der Waals surface area contributed by atoms with Crippen LogP contribution in [0.1, 0.15) is 17.3 Å². The van der Waals surface area contributed by atoms with E-state index < -0.39 is 0 Å². The van der Waals surface area contributed by atoms with Crippen LogP contribution in [0.2, 0.25) is 5.02 Å². The molecule has 4 heteroatoms. The predicted octanol–water partition coefficient (Wildman–Crippen LogP) is 5.37. The van der Waals surface area contributed by atoms with E-state index in [9.17, 15) is 0 Å². The number of rotatable bonds is 5. The van der Waals surface area contributed by atoms with Crippen molar-refractivity contribution in [2.45, 2.75) is 5.92 Å². The molecule has 2 aromatic heterocycles. The summed E-state index contributed by atoms with van der Waals surface area (Å²) in [5, 5.41) is 0.740. The Balaban J connectivity index is 1.72. The van der Waals surface area contributed by atoms with E-state index in [1.807, 2.05) is 67.0 Å². The van der Waals surface area contributed by atoms with Gasteiger partial charge < -0.3 is 4.90 Å². The molecule has 1 atom stereocenters. The lowest BCUT2D eigenvalue weighted by Gasteiger charge is -2.38. The molecule has 1 aromatic carbocycles. The van der Waals surface area contributed by atoms with Crippen molar-refractivity contribution in [1.29, 1.82) is 0 Å². The van der Waals surface area contributed by atoms with Crippen LogP contribution in [0.15, 0.2) is 90.8 Å². The van der Waals surface area contributed by atoms with Gasteiger partial charge in [0.2, 0.25) is 0 Å². The molecule has 27 heavy (non-hydrogen) atoms. The van der Waals surface area contributed by atoms with Crippen molar-refractivity contribution in [1.82, 2.24) is 9.97 Å². The van der Waals surface area contributed by atoms with Gasteiger partial charge in [-0.2, -0.15) is 0 Å². The minimum absolute atomic E-state index is 0.123. The second-order valence-electron chi connectivity index (χ2n) is 6.66. The Morgan fingerprint density at radius 1 is 0.963 bits per heavy atom. The van der Waals surface area contributed by atoms with Crippen LogP contribution in [0, 0.1) is 0 Å². The van der Waals surface area contributed by atoms with Crippen molar-refractivity contribution >= 4 is 22.9 Å². The molecular formula is C23H20ClN3. The zero-order valence-electron chi connectivity index (χ0n) is 15.1. The number of pyridine rings is 2. The number of hydrogen-bond acceptors (Lipinski definition) is 3. The number of nitrogens with zero attached hydrogens (tertiary/aromatic N) is 3. The quantitative estimate of drug-likeness (QED) is 0.601. The second kappa shape index (κ2) is 7.37. The van der Waals surface area contributed by atoms with Crippen molar-refractivity contribution in [3.63, 3.8) is 0 Å². The van der Waals surface area contributed by atoms with Crippen molar-refractivity contribution in [3.8, 4) is 0 Å². The third-order valence-electron chi connectivity index (χ3n) is 4.92. The lowest BCUT2D eigenvalue weighted by molar-refractivity contribution is 0.798. The Morgan fingerprint density at radius 3 is 2.30 bits per heavy atom. The molecule has 0 fully saturated rings. The molecule has 0 saturated carbocycles. The Labute approximate surface area is 164 Å². The summed E-state index contributed by atoms with van der Waals surface area (Å²) in [5.41, 5.74) is 6.62. The minimum Gasteiger partial charge on any atom is -0.371 e. The molecular weight excluding hydrogens is 354 g/mol. The molecule has 4 rings (SSSR count). The van der Waals surface area contributed by atoms with Crippen molar-refractivity contribution in [3.05, 3.63) is 107 Å². The van der Waals surface area contributed by atoms with E-state index in [1.54, 1.807) is 0 Å². The maximum Gasteiger partial charge on any atom is 0.0705 e. The van der Waals surface area contributed by atoms with Crippen molar-refractivity contribution < 1.29 is 0 Å². The van der Waals surface area contributed by atoms with Crippen molar-refractivity contribution in [2.75, 3.05) is 18.5 Å². The van der Waals surface area contributed by atoms with Gasteiger partial charge in [0.15, 0.2) is 0 Å². The van der Waals surface area contributed by atoms with E-state index >= 15 is 0 Å². The summed E-state index contributed by atoms with van der Waals surface area (Å²) in [6, 6.07) is 19.9. The lowest BCUT2D eigenvalue weighted by Crippen LogP contribution is -2.30. The monoisotopic (exact) mass is 373 g/mol. The van der Waals surface area contributed by atoms with Crippen LogP contribution in [0.25, 0.3) is 5.57 Å². The molecule has 0 spiro atoms. The fourth-order valence-corrected chi connectivity index (χ4v) is 3.71. The van der Waals surface area contributed by atoms with Crippen LogP contribution in [0.4, 0.5) is 5.69 Å². The summed E-state index contributed by atoms with van der Waals surface area (Å²) in [6.07, 6.45) is 3.66. The van der Waals surface area contributed by atoms with Gasteiger partial charge >= 0.3 is 0 Å². The number of aromatic nitrogens is 2. The van der Waals surface area contributed by atoms with Gasteiger partial charge in [-0.25, -0.2) is 0 Å². The molecule has 2 heterocycles. The standard InChI is InChI=1S/C23H20ClN3/c1-16-22(20-7-3-5-13-25-20)19(23(16)21-8-4-6-14-26-21)15-27(2)18-11-9-17(24)10-12-18/h3-14,22H,1,15H2,2H3. The highest BCUT2D eigenvalue weighted by atomic mass is 35.5. The maximum absolute atomic E-state index is 6.03. The summed E-state index contributed by atoms with van der Waals surface area (Å²) in [4.78, 5) is 11.3. The van der Waals surface area contributed by atoms with Crippen molar-refractivity contribution in [2.24, 2.45) is 0 Å². The second-order valence-corrected chi connectivity index (χ2v) is 7.10. The summed E-state index contributed by atoms with van der Waals surface area (Å²) < 4.78 is 0. The van der Waals surface area contributed by atoms with Gasteiger partial charge in [-0.1, -0.05) is 30.3 Å². The van der Waals surface area contributed by atoms with Gasteiger partial charge in [0.1, 0.15) is 0 Å². The van der Waals surface area contributed by atoms with Crippen LogP contribution < -0.4 is 4.90 Å². The summed E-state index contributed by atoms with van der Waals surface area (Å²) in [7, 11) is 2.09. The molecule has 0 amide bonds. The average molecular weight is 374 g/mol. The summed E-state index contributed by atoms with van der Waals surface area (Å²) in [5.74, 6) is 0.123. The molecule has 3 aromatic rings. The van der Waals surface area contributed by atoms with Crippen LogP contribution in [-0.4, -0.2) is 23.6 Å². The van der Waals surface area contributed by atoms with Gasteiger partial charge in [-0.3, -0.25) is 9.97 Å². The van der Waals surface area contributed by atoms with Gasteiger partial charge in [-0.05, 0) is 59.7 Å². The minimum atomic E-state index is 0.123. The Kier molecular flexibility index (Phi) is 4.78. The Morgan fingerprint density at radius 2 is 1.67 bits per heavy atom. The fourth-order valence-electron chi connectivity index (χ4n) is 3.58. The smallest absolute Gasteiger partial charge is 0.0705 e. The first-order chi connectivity index (χ1) is 13.1. The number of halogens is 1. The van der Waals surface area contributed by atoms with Crippen LogP contribution in [0.3, 0.4) is 0 Å². The number of anilines is 1. The molecule has 3 nitrogen and oxygen atoms in total. The maximum atomic E-state index is 6.03. The Bertz CT molecular complexity index is 979. The molecule has 1 aliphatic rings. The first kappa shape index (κ1) is 17.5. The third-order valence-corrected chi connectivity index (χ3v) is 5.17. The number of benzene rings is 1. The first-order valence-corrected chi connectivity index (χ1v) is 9.24. The first-order valence-electron chi connectivity index (χ1n) is 8.86. The van der Waals surface area contributed by atoms with E-state index in [0.717, 1.165) is 39.8 Å². The van der Waals surface area contributed by atoms with Gasteiger partial charge in [0.05, 0.1) is 11.4 Å². The van der Waals surface area contributed by atoms with E-state index in [4.69, 9.17) is 11.6 Å².